The maximum atomic E-state index is 12.2. The summed E-state index contributed by atoms with van der Waals surface area (Å²) in [6.45, 7) is 7.82. The number of H-pyrrole nitrogens is 1. The van der Waals surface area contributed by atoms with Gasteiger partial charge in [-0.1, -0.05) is 13.0 Å². The predicted octanol–water partition coefficient (Wildman–Crippen LogP) is 2.47. The van der Waals surface area contributed by atoms with E-state index in [4.69, 9.17) is 0 Å². The van der Waals surface area contributed by atoms with E-state index in [1.807, 2.05) is 39.8 Å². The number of aromatic nitrogens is 3. The first-order valence-electron chi connectivity index (χ1n) is 6.80. The molecule has 5 nitrogen and oxygen atoms in total. The van der Waals surface area contributed by atoms with Crippen LogP contribution in [0, 0.1) is 13.8 Å². The number of carbonyl (C=O) groups is 1. The van der Waals surface area contributed by atoms with Gasteiger partial charge in [0.05, 0.1) is 6.04 Å². The second kappa shape index (κ2) is 5.86. The normalized spacial score (nSPS) is 12.2. The molecule has 106 valence electrons. The first-order chi connectivity index (χ1) is 9.52. The monoisotopic (exact) mass is 272 g/mol. The number of hydrogen-bond acceptors (Lipinski definition) is 3. The highest BCUT2D eigenvalue weighted by molar-refractivity contribution is 5.94. The number of aryl methyl sites for hydroxylation is 2. The molecule has 0 aliphatic rings. The fraction of sp³-hybridized carbons (Fsp3) is 0.400. The molecule has 0 aliphatic heterocycles. The molecule has 5 heteroatoms. The first kappa shape index (κ1) is 14.2. The fourth-order valence-electron chi connectivity index (χ4n) is 2.08. The van der Waals surface area contributed by atoms with Gasteiger partial charge in [-0.15, -0.1) is 0 Å². The molecule has 0 bridgehead atoms. The Balaban J connectivity index is 2.10. The van der Waals surface area contributed by atoms with Gasteiger partial charge in [0.15, 0.2) is 5.69 Å². The number of nitrogens with one attached hydrogen (secondary N) is 2. The lowest BCUT2D eigenvalue weighted by atomic mass is 10.1. The second-order valence-corrected chi connectivity index (χ2v) is 4.96. The van der Waals surface area contributed by atoms with Gasteiger partial charge < -0.3 is 5.32 Å². The lowest BCUT2D eigenvalue weighted by Gasteiger charge is -2.13. The standard InChI is InChI=1S/C15H20N4O/c1-5-13-10(3)14(19-18-13)15(20)17-11(4)12-7-6-9(2)16-8-12/h6-8,11H,5H2,1-4H3,(H,17,20)(H,18,19). The van der Waals surface area contributed by atoms with Crippen molar-refractivity contribution in [3.8, 4) is 0 Å². The molecule has 2 N–H and O–H groups in total. The van der Waals surface area contributed by atoms with Crippen LogP contribution in [0.4, 0.5) is 0 Å². The molecule has 2 aromatic heterocycles. The summed E-state index contributed by atoms with van der Waals surface area (Å²) in [4.78, 5) is 16.5. The average Bonchev–Trinajstić information content (AvgIpc) is 2.80. The Hall–Kier alpha value is -2.17. The van der Waals surface area contributed by atoms with Crippen LogP contribution >= 0.6 is 0 Å². The van der Waals surface area contributed by atoms with Crippen LogP contribution in [0.15, 0.2) is 18.3 Å². The Morgan fingerprint density at radius 3 is 2.70 bits per heavy atom. The van der Waals surface area contributed by atoms with Crippen molar-refractivity contribution < 1.29 is 4.79 Å². The number of nitrogens with zero attached hydrogens (tertiary/aromatic N) is 2. The van der Waals surface area contributed by atoms with Gasteiger partial charge in [-0.2, -0.15) is 5.10 Å². The van der Waals surface area contributed by atoms with Crippen LogP contribution in [0.25, 0.3) is 0 Å². The van der Waals surface area contributed by atoms with Crippen LogP contribution in [-0.4, -0.2) is 21.1 Å². The van der Waals surface area contributed by atoms with Crippen molar-refractivity contribution in [2.24, 2.45) is 0 Å². The molecule has 0 saturated heterocycles. The van der Waals surface area contributed by atoms with Gasteiger partial charge >= 0.3 is 0 Å². The molecule has 2 rings (SSSR count). The highest BCUT2D eigenvalue weighted by atomic mass is 16.2. The van der Waals surface area contributed by atoms with Crippen molar-refractivity contribution >= 4 is 5.91 Å². The fourth-order valence-corrected chi connectivity index (χ4v) is 2.08. The second-order valence-electron chi connectivity index (χ2n) is 4.96. The summed E-state index contributed by atoms with van der Waals surface area (Å²) in [5.74, 6) is -0.161. The third-order valence-electron chi connectivity index (χ3n) is 3.46. The SMILES string of the molecule is CCc1[nH]nc(C(=O)NC(C)c2ccc(C)nc2)c1C. The van der Waals surface area contributed by atoms with Gasteiger partial charge in [0, 0.05) is 23.1 Å². The Bertz CT molecular complexity index is 601. The summed E-state index contributed by atoms with van der Waals surface area (Å²) >= 11 is 0. The van der Waals surface area contributed by atoms with Crippen molar-refractivity contribution in [2.45, 2.75) is 40.2 Å². The molecular formula is C15H20N4O. The van der Waals surface area contributed by atoms with E-state index in [0.717, 1.165) is 28.9 Å². The molecular weight excluding hydrogens is 252 g/mol. The Morgan fingerprint density at radius 1 is 1.40 bits per heavy atom. The maximum Gasteiger partial charge on any atom is 0.272 e. The van der Waals surface area contributed by atoms with Gasteiger partial charge in [-0.3, -0.25) is 14.9 Å². The zero-order valence-electron chi connectivity index (χ0n) is 12.3. The quantitative estimate of drug-likeness (QED) is 0.898. The van der Waals surface area contributed by atoms with E-state index in [-0.39, 0.29) is 11.9 Å². The lowest BCUT2D eigenvalue weighted by molar-refractivity contribution is 0.0934. The minimum absolute atomic E-state index is 0.100. The summed E-state index contributed by atoms with van der Waals surface area (Å²) in [6.07, 6.45) is 2.62. The van der Waals surface area contributed by atoms with Crippen molar-refractivity contribution in [3.05, 3.63) is 46.5 Å². The van der Waals surface area contributed by atoms with E-state index in [2.05, 4.69) is 20.5 Å². The van der Waals surface area contributed by atoms with Gasteiger partial charge in [0.25, 0.3) is 5.91 Å². The van der Waals surface area contributed by atoms with E-state index in [0.29, 0.717) is 5.69 Å². The molecule has 0 spiro atoms. The van der Waals surface area contributed by atoms with Crippen LogP contribution in [-0.2, 0) is 6.42 Å². The van der Waals surface area contributed by atoms with Crippen LogP contribution in [0.1, 0.15) is 52.9 Å². The molecule has 2 aromatic rings. The van der Waals surface area contributed by atoms with Gasteiger partial charge in [0.1, 0.15) is 0 Å². The smallest absolute Gasteiger partial charge is 0.272 e. The summed E-state index contributed by atoms with van der Waals surface area (Å²) in [6, 6.07) is 3.81. The van der Waals surface area contributed by atoms with Crippen molar-refractivity contribution in [3.63, 3.8) is 0 Å². The van der Waals surface area contributed by atoms with Crippen molar-refractivity contribution in [1.29, 1.82) is 0 Å². The Labute approximate surface area is 118 Å². The molecule has 1 amide bonds. The third-order valence-corrected chi connectivity index (χ3v) is 3.46. The molecule has 2 heterocycles. The molecule has 0 fully saturated rings. The van der Waals surface area contributed by atoms with Gasteiger partial charge in [-0.25, -0.2) is 0 Å². The molecule has 1 unspecified atom stereocenters. The number of hydrogen-bond donors (Lipinski definition) is 2. The maximum absolute atomic E-state index is 12.2. The molecule has 0 saturated carbocycles. The number of amides is 1. The highest BCUT2D eigenvalue weighted by Crippen LogP contribution is 2.14. The lowest BCUT2D eigenvalue weighted by Crippen LogP contribution is -2.27. The first-order valence-corrected chi connectivity index (χ1v) is 6.80. The van der Waals surface area contributed by atoms with Gasteiger partial charge in [-0.05, 0) is 38.8 Å². The van der Waals surface area contributed by atoms with Crippen LogP contribution in [0.5, 0.6) is 0 Å². The predicted molar refractivity (Wildman–Crippen MR) is 77.6 cm³/mol. The number of aromatic amines is 1. The minimum atomic E-state index is -0.161. The molecule has 1 atom stereocenters. The van der Waals surface area contributed by atoms with E-state index < -0.39 is 0 Å². The number of rotatable bonds is 4. The topological polar surface area (TPSA) is 70.7 Å². The number of pyridine rings is 1. The summed E-state index contributed by atoms with van der Waals surface area (Å²) in [7, 11) is 0. The van der Waals surface area contributed by atoms with E-state index in [9.17, 15) is 4.79 Å². The van der Waals surface area contributed by atoms with Crippen molar-refractivity contribution in [1.82, 2.24) is 20.5 Å². The Kier molecular flexibility index (Phi) is 4.17. The highest BCUT2D eigenvalue weighted by Gasteiger charge is 2.17. The van der Waals surface area contributed by atoms with E-state index >= 15 is 0 Å². The number of carbonyl (C=O) groups excluding carboxylic acids is 1. The molecule has 0 radical (unpaired) electrons. The van der Waals surface area contributed by atoms with Crippen LogP contribution in [0.3, 0.4) is 0 Å². The van der Waals surface area contributed by atoms with Crippen molar-refractivity contribution in [2.75, 3.05) is 0 Å². The van der Waals surface area contributed by atoms with Crippen LogP contribution < -0.4 is 5.32 Å². The molecule has 0 aliphatic carbocycles. The summed E-state index contributed by atoms with van der Waals surface area (Å²) in [5, 5.41) is 9.95. The summed E-state index contributed by atoms with van der Waals surface area (Å²) in [5.41, 5.74) is 4.32. The average molecular weight is 272 g/mol. The zero-order chi connectivity index (χ0) is 14.7. The third kappa shape index (κ3) is 2.87. The van der Waals surface area contributed by atoms with E-state index in [1.54, 1.807) is 6.20 Å². The summed E-state index contributed by atoms with van der Waals surface area (Å²) < 4.78 is 0. The largest absolute Gasteiger partial charge is 0.344 e. The van der Waals surface area contributed by atoms with E-state index in [1.165, 1.54) is 0 Å². The van der Waals surface area contributed by atoms with Crippen LogP contribution in [0.2, 0.25) is 0 Å². The molecule has 0 aromatic carbocycles. The zero-order valence-corrected chi connectivity index (χ0v) is 12.3. The molecule has 20 heavy (non-hydrogen) atoms. The van der Waals surface area contributed by atoms with Gasteiger partial charge in [0.2, 0.25) is 0 Å². The Morgan fingerprint density at radius 2 is 2.15 bits per heavy atom. The minimum Gasteiger partial charge on any atom is -0.344 e.